The van der Waals surface area contributed by atoms with Crippen LogP contribution in [0.5, 0.6) is 0 Å². The molecule has 1 amide bonds. The molecule has 6 heteroatoms. The average molecular weight is 306 g/mol. The summed E-state index contributed by atoms with van der Waals surface area (Å²) in [5, 5.41) is 13.3. The first-order valence-corrected chi connectivity index (χ1v) is 7.27. The van der Waals surface area contributed by atoms with Crippen LogP contribution in [0.15, 0.2) is 30.3 Å². The third-order valence-corrected chi connectivity index (χ3v) is 2.75. The van der Waals surface area contributed by atoms with Gasteiger partial charge >= 0.3 is 0 Å². The Bertz CT molecular complexity index is 509. The molecule has 1 N–H and O–H groups in total. The van der Waals surface area contributed by atoms with E-state index in [4.69, 9.17) is 4.74 Å². The lowest BCUT2D eigenvalue weighted by molar-refractivity contribution is -0.384. The molecule has 120 valence electrons. The summed E-state index contributed by atoms with van der Waals surface area (Å²) in [7, 11) is 0. The summed E-state index contributed by atoms with van der Waals surface area (Å²) in [6.07, 6.45) is 3.80. The van der Waals surface area contributed by atoms with E-state index in [2.05, 4.69) is 19.2 Å². The zero-order valence-corrected chi connectivity index (χ0v) is 13.0. The molecule has 0 radical (unpaired) electrons. The molecule has 0 aliphatic carbocycles. The molecular weight excluding hydrogens is 284 g/mol. The minimum absolute atomic E-state index is 0.0306. The summed E-state index contributed by atoms with van der Waals surface area (Å²) in [6, 6.07) is 6.01. The molecule has 0 fully saturated rings. The molecule has 0 bridgehead atoms. The van der Waals surface area contributed by atoms with E-state index in [0.29, 0.717) is 19.1 Å². The predicted molar refractivity (Wildman–Crippen MR) is 85.4 cm³/mol. The van der Waals surface area contributed by atoms with Gasteiger partial charge in [-0.05, 0) is 36.1 Å². The third kappa shape index (κ3) is 7.54. The van der Waals surface area contributed by atoms with Crippen molar-refractivity contribution in [3.05, 3.63) is 46.0 Å². The van der Waals surface area contributed by atoms with Crippen molar-refractivity contribution in [3.8, 4) is 0 Å². The molecule has 6 nitrogen and oxygen atoms in total. The quantitative estimate of drug-likeness (QED) is 0.329. The lowest BCUT2D eigenvalue weighted by atomic mass is 10.2. The van der Waals surface area contributed by atoms with Gasteiger partial charge in [-0.2, -0.15) is 0 Å². The Morgan fingerprint density at radius 3 is 2.64 bits per heavy atom. The summed E-state index contributed by atoms with van der Waals surface area (Å²) in [5.41, 5.74) is 0.768. The second-order valence-electron chi connectivity index (χ2n) is 5.30. The van der Waals surface area contributed by atoms with Gasteiger partial charge in [-0.1, -0.05) is 13.8 Å². The van der Waals surface area contributed by atoms with Gasteiger partial charge in [0.25, 0.3) is 5.69 Å². The van der Waals surface area contributed by atoms with Crippen molar-refractivity contribution < 1.29 is 14.5 Å². The lowest BCUT2D eigenvalue weighted by Gasteiger charge is -2.06. The Balaban J connectivity index is 2.25. The third-order valence-electron chi connectivity index (χ3n) is 2.75. The van der Waals surface area contributed by atoms with Crippen molar-refractivity contribution in [2.45, 2.75) is 20.3 Å². The van der Waals surface area contributed by atoms with Gasteiger partial charge in [0, 0.05) is 38.0 Å². The van der Waals surface area contributed by atoms with E-state index in [9.17, 15) is 14.9 Å². The number of non-ortho nitro benzene ring substituents is 1. The highest BCUT2D eigenvalue weighted by Gasteiger charge is 2.02. The van der Waals surface area contributed by atoms with E-state index in [1.54, 1.807) is 18.2 Å². The largest absolute Gasteiger partial charge is 0.381 e. The molecule has 0 aliphatic heterocycles. The Morgan fingerprint density at radius 2 is 2.05 bits per heavy atom. The minimum Gasteiger partial charge on any atom is -0.381 e. The Labute approximate surface area is 130 Å². The zero-order valence-electron chi connectivity index (χ0n) is 13.0. The molecule has 1 aromatic rings. The van der Waals surface area contributed by atoms with Crippen LogP contribution in [0.2, 0.25) is 0 Å². The predicted octanol–water partition coefficient (Wildman–Crippen LogP) is 2.79. The van der Waals surface area contributed by atoms with Gasteiger partial charge in [0.2, 0.25) is 5.91 Å². The number of nitrogens with zero attached hydrogens (tertiary/aromatic N) is 1. The lowest BCUT2D eigenvalue weighted by Crippen LogP contribution is -2.23. The molecule has 1 rings (SSSR count). The van der Waals surface area contributed by atoms with E-state index in [-0.39, 0.29) is 11.6 Å². The van der Waals surface area contributed by atoms with Crippen LogP contribution < -0.4 is 5.32 Å². The maximum Gasteiger partial charge on any atom is 0.269 e. The maximum absolute atomic E-state index is 11.6. The van der Waals surface area contributed by atoms with Crippen molar-refractivity contribution in [2.24, 2.45) is 5.92 Å². The summed E-state index contributed by atoms with van der Waals surface area (Å²) in [6.45, 7) is 6.09. The highest BCUT2D eigenvalue weighted by Crippen LogP contribution is 2.12. The van der Waals surface area contributed by atoms with Crippen LogP contribution in [0.4, 0.5) is 5.69 Å². The smallest absolute Gasteiger partial charge is 0.269 e. The number of benzene rings is 1. The topological polar surface area (TPSA) is 81.5 Å². The summed E-state index contributed by atoms with van der Waals surface area (Å²) < 4.78 is 5.41. The van der Waals surface area contributed by atoms with Crippen LogP contribution in [-0.4, -0.2) is 30.6 Å². The van der Waals surface area contributed by atoms with Gasteiger partial charge < -0.3 is 10.1 Å². The van der Waals surface area contributed by atoms with Gasteiger partial charge in [0.15, 0.2) is 0 Å². The normalized spacial score (nSPS) is 11.0. The van der Waals surface area contributed by atoms with E-state index < -0.39 is 4.92 Å². The van der Waals surface area contributed by atoms with Gasteiger partial charge in [-0.3, -0.25) is 14.9 Å². The van der Waals surface area contributed by atoms with Crippen LogP contribution in [0.25, 0.3) is 6.08 Å². The van der Waals surface area contributed by atoms with Crippen molar-refractivity contribution in [1.82, 2.24) is 5.32 Å². The van der Waals surface area contributed by atoms with Crippen LogP contribution in [-0.2, 0) is 9.53 Å². The summed E-state index contributed by atoms with van der Waals surface area (Å²) in [4.78, 5) is 21.7. The molecule has 0 atom stereocenters. The number of carbonyl (C=O) groups is 1. The SMILES string of the molecule is CC(C)COCCCNC(=O)/C=C/c1ccc([N+](=O)[O-])cc1. The molecule has 0 spiro atoms. The Morgan fingerprint density at radius 1 is 1.36 bits per heavy atom. The van der Waals surface area contributed by atoms with E-state index in [0.717, 1.165) is 18.6 Å². The van der Waals surface area contributed by atoms with Crippen molar-refractivity contribution in [3.63, 3.8) is 0 Å². The number of nitro groups is 1. The standard InChI is InChI=1S/C16H22N2O4/c1-13(2)12-22-11-3-10-17-16(19)9-6-14-4-7-15(8-5-14)18(20)21/h4-9,13H,3,10-12H2,1-2H3,(H,17,19)/b9-6+. The first-order chi connectivity index (χ1) is 10.5. The molecule has 0 unspecified atom stereocenters. The van der Waals surface area contributed by atoms with Crippen molar-refractivity contribution in [2.75, 3.05) is 19.8 Å². The first kappa shape index (κ1) is 17.8. The van der Waals surface area contributed by atoms with Crippen LogP contribution in [0, 0.1) is 16.0 Å². The van der Waals surface area contributed by atoms with Crippen LogP contribution in [0.1, 0.15) is 25.8 Å². The number of hydrogen-bond donors (Lipinski definition) is 1. The molecular formula is C16H22N2O4. The van der Waals surface area contributed by atoms with E-state index in [1.807, 2.05) is 0 Å². The van der Waals surface area contributed by atoms with Gasteiger partial charge in [-0.25, -0.2) is 0 Å². The van der Waals surface area contributed by atoms with Gasteiger partial charge in [-0.15, -0.1) is 0 Å². The molecule has 0 saturated heterocycles. The molecule has 0 aliphatic rings. The number of nitrogens with one attached hydrogen (secondary N) is 1. The molecule has 0 heterocycles. The minimum atomic E-state index is -0.457. The number of amides is 1. The second kappa shape index (κ2) is 9.68. The molecule has 0 aromatic heterocycles. The highest BCUT2D eigenvalue weighted by atomic mass is 16.6. The number of ether oxygens (including phenoxy) is 1. The van der Waals surface area contributed by atoms with Crippen LogP contribution in [0.3, 0.4) is 0 Å². The first-order valence-electron chi connectivity index (χ1n) is 7.27. The average Bonchev–Trinajstić information content (AvgIpc) is 2.48. The Kier molecular flexibility index (Phi) is 7.85. The van der Waals surface area contributed by atoms with E-state index in [1.165, 1.54) is 18.2 Å². The summed E-state index contributed by atoms with van der Waals surface area (Å²) in [5.74, 6) is 0.321. The number of carbonyl (C=O) groups excluding carboxylic acids is 1. The molecule has 1 aromatic carbocycles. The fraction of sp³-hybridized carbons (Fsp3) is 0.438. The fourth-order valence-electron chi connectivity index (χ4n) is 1.64. The van der Waals surface area contributed by atoms with E-state index >= 15 is 0 Å². The number of rotatable bonds is 9. The maximum atomic E-state index is 11.6. The Hall–Kier alpha value is -2.21. The second-order valence-corrected chi connectivity index (χ2v) is 5.30. The highest BCUT2D eigenvalue weighted by molar-refractivity contribution is 5.91. The number of hydrogen-bond acceptors (Lipinski definition) is 4. The molecule has 22 heavy (non-hydrogen) atoms. The summed E-state index contributed by atoms with van der Waals surface area (Å²) >= 11 is 0. The fourth-order valence-corrected chi connectivity index (χ4v) is 1.64. The van der Waals surface area contributed by atoms with Crippen molar-refractivity contribution in [1.29, 1.82) is 0 Å². The van der Waals surface area contributed by atoms with Gasteiger partial charge in [0.1, 0.15) is 0 Å². The number of nitro benzene ring substituents is 1. The monoisotopic (exact) mass is 306 g/mol. The van der Waals surface area contributed by atoms with Crippen molar-refractivity contribution >= 4 is 17.7 Å². The van der Waals surface area contributed by atoms with Gasteiger partial charge in [0.05, 0.1) is 4.92 Å². The van der Waals surface area contributed by atoms with Crippen LogP contribution >= 0.6 is 0 Å². The molecule has 0 saturated carbocycles. The zero-order chi connectivity index (χ0) is 16.4.